The molecule has 0 unspecified atom stereocenters. The van der Waals surface area contributed by atoms with Gasteiger partial charge in [-0.3, -0.25) is 0 Å². The van der Waals surface area contributed by atoms with E-state index < -0.39 is 11.7 Å². The third-order valence-electron chi connectivity index (χ3n) is 2.43. The molecule has 1 aromatic heterocycles. The molecular weight excluding hydrogens is 273 g/mol. The van der Waals surface area contributed by atoms with Gasteiger partial charge < -0.3 is 5.32 Å². The zero-order chi connectivity index (χ0) is 14.5. The molecule has 0 aliphatic carbocycles. The van der Waals surface area contributed by atoms with Crippen molar-refractivity contribution in [3.63, 3.8) is 0 Å². The predicted molar refractivity (Wildman–Crippen MR) is 73.6 cm³/mol. The van der Waals surface area contributed by atoms with Crippen molar-refractivity contribution in [2.24, 2.45) is 5.92 Å². The van der Waals surface area contributed by atoms with Crippen molar-refractivity contribution in [1.29, 1.82) is 0 Å². The van der Waals surface area contributed by atoms with Gasteiger partial charge in [-0.1, -0.05) is 13.8 Å². The van der Waals surface area contributed by atoms with Gasteiger partial charge in [-0.2, -0.15) is 13.2 Å². The molecule has 2 nitrogen and oxygen atoms in total. The van der Waals surface area contributed by atoms with Crippen LogP contribution in [0.15, 0.2) is 17.2 Å². The lowest BCUT2D eigenvalue weighted by Gasteiger charge is -2.12. The lowest BCUT2D eigenvalue weighted by molar-refractivity contribution is -0.137. The van der Waals surface area contributed by atoms with Crippen LogP contribution in [0.5, 0.6) is 0 Å². The van der Waals surface area contributed by atoms with Crippen LogP contribution in [0.3, 0.4) is 0 Å². The first-order chi connectivity index (χ1) is 8.82. The Morgan fingerprint density at radius 3 is 2.53 bits per heavy atom. The van der Waals surface area contributed by atoms with Crippen molar-refractivity contribution in [1.82, 2.24) is 4.98 Å². The fourth-order valence-electron chi connectivity index (χ4n) is 1.41. The number of thioether (sulfide) groups is 1. The van der Waals surface area contributed by atoms with Crippen LogP contribution in [0.1, 0.15) is 32.8 Å². The van der Waals surface area contributed by atoms with Gasteiger partial charge in [-0.05, 0) is 37.1 Å². The molecule has 0 radical (unpaired) electrons. The highest BCUT2D eigenvalue weighted by molar-refractivity contribution is 7.99. The number of halogens is 3. The molecule has 0 aliphatic rings. The van der Waals surface area contributed by atoms with E-state index in [0.29, 0.717) is 17.5 Å². The Bertz CT molecular complexity index is 405. The minimum Gasteiger partial charge on any atom is -0.370 e. The predicted octanol–water partition coefficient (Wildman–Crippen LogP) is 4.67. The fourth-order valence-corrected chi connectivity index (χ4v) is 2.59. The molecule has 6 heteroatoms. The molecule has 0 saturated carbocycles. The largest absolute Gasteiger partial charge is 0.416 e. The van der Waals surface area contributed by atoms with Crippen LogP contribution in [-0.2, 0) is 6.18 Å². The number of rotatable bonds is 6. The molecule has 108 valence electrons. The lowest BCUT2D eigenvalue weighted by Crippen LogP contribution is -2.08. The topological polar surface area (TPSA) is 24.9 Å². The monoisotopic (exact) mass is 292 g/mol. The molecule has 0 aromatic carbocycles. The number of hydrogen-bond donors (Lipinski definition) is 1. The maximum absolute atomic E-state index is 12.8. The minimum atomic E-state index is -4.33. The highest BCUT2D eigenvalue weighted by atomic mass is 32.2. The van der Waals surface area contributed by atoms with Gasteiger partial charge in [0.2, 0.25) is 0 Å². The number of nitrogens with zero attached hydrogens (tertiary/aromatic N) is 1. The number of aromatic nitrogens is 1. The molecule has 0 aliphatic heterocycles. The standard InChI is InChI=1S/C13H19F3N2S/c1-4-17-11-7-10(13(14,15)16)8-12(18-11)19-6-5-9(2)3/h7-9H,4-6H2,1-3H3,(H,17,18). The summed E-state index contributed by atoms with van der Waals surface area (Å²) in [6.07, 6.45) is -3.38. The number of anilines is 1. The van der Waals surface area contributed by atoms with E-state index in [0.717, 1.165) is 24.3 Å². The average Bonchev–Trinajstić information content (AvgIpc) is 2.27. The first-order valence-corrected chi connectivity index (χ1v) is 7.27. The van der Waals surface area contributed by atoms with E-state index in [-0.39, 0.29) is 5.82 Å². The van der Waals surface area contributed by atoms with E-state index in [4.69, 9.17) is 0 Å². The minimum absolute atomic E-state index is 0.282. The summed E-state index contributed by atoms with van der Waals surface area (Å²) in [6.45, 7) is 6.55. The molecule has 0 saturated heterocycles. The van der Waals surface area contributed by atoms with Crippen molar-refractivity contribution in [2.75, 3.05) is 17.6 Å². The van der Waals surface area contributed by atoms with Gasteiger partial charge in [-0.25, -0.2) is 4.98 Å². The molecule has 1 aromatic rings. The summed E-state index contributed by atoms with van der Waals surface area (Å²) in [7, 11) is 0. The molecule has 1 N–H and O–H groups in total. The van der Waals surface area contributed by atoms with E-state index in [1.54, 1.807) is 0 Å². The number of hydrogen-bond acceptors (Lipinski definition) is 3. The van der Waals surface area contributed by atoms with E-state index in [2.05, 4.69) is 24.1 Å². The second-order valence-corrected chi connectivity index (χ2v) is 5.75. The van der Waals surface area contributed by atoms with Crippen molar-refractivity contribution in [3.05, 3.63) is 17.7 Å². The summed E-state index contributed by atoms with van der Waals surface area (Å²) in [4.78, 5) is 4.19. The van der Waals surface area contributed by atoms with Gasteiger partial charge in [0.25, 0.3) is 0 Å². The van der Waals surface area contributed by atoms with Crippen LogP contribution in [0.2, 0.25) is 0 Å². The molecular formula is C13H19F3N2S. The zero-order valence-corrected chi connectivity index (χ0v) is 12.2. The molecule has 0 bridgehead atoms. The molecule has 0 spiro atoms. The van der Waals surface area contributed by atoms with Gasteiger partial charge in [0, 0.05) is 6.54 Å². The van der Waals surface area contributed by atoms with Crippen molar-refractivity contribution < 1.29 is 13.2 Å². The first-order valence-electron chi connectivity index (χ1n) is 6.29. The quantitative estimate of drug-likeness (QED) is 0.771. The second kappa shape index (κ2) is 7.03. The van der Waals surface area contributed by atoms with Crippen molar-refractivity contribution >= 4 is 17.6 Å². The van der Waals surface area contributed by atoms with Gasteiger partial charge >= 0.3 is 6.18 Å². The van der Waals surface area contributed by atoms with Crippen LogP contribution in [0.25, 0.3) is 0 Å². The van der Waals surface area contributed by atoms with Crippen LogP contribution < -0.4 is 5.32 Å². The first kappa shape index (κ1) is 16.1. The average molecular weight is 292 g/mol. The smallest absolute Gasteiger partial charge is 0.370 e. The number of alkyl halides is 3. The molecule has 0 amide bonds. The summed E-state index contributed by atoms with van der Waals surface area (Å²) in [5, 5.41) is 3.26. The fraction of sp³-hybridized carbons (Fsp3) is 0.615. The SMILES string of the molecule is CCNc1cc(C(F)(F)F)cc(SCCC(C)C)n1. The Hall–Kier alpha value is -0.910. The van der Waals surface area contributed by atoms with Gasteiger partial charge in [0.05, 0.1) is 10.6 Å². The maximum Gasteiger partial charge on any atom is 0.416 e. The van der Waals surface area contributed by atoms with Crippen LogP contribution in [-0.4, -0.2) is 17.3 Å². The molecule has 19 heavy (non-hydrogen) atoms. The maximum atomic E-state index is 12.8. The Morgan fingerprint density at radius 2 is 2.00 bits per heavy atom. The van der Waals surface area contributed by atoms with Crippen LogP contribution in [0, 0.1) is 5.92 Å². The van der Waals surface area contributed by atoms with Crippen LogP contribution in [0.4, 0.5) is 19.0 Å². The van der Waals surface area contributed by atoms with Crippen LogP contribution >= 0.6 is 11.8 Å². The second-order valence-electron chi connectivity index (χ2n) is 4.64. The van der Waals surface area contributed by atoms with E-state index in [1.165, 1.54) is 11.8 Å². The third kappa shape index (κ3) is 5.72. The van der Waals surface area contributed by atoms with E-state index >= 15 is 0 Å². The summed E-state index contributed by atoms with van der Waals surface area (Å²) in [5.74, 6) is 1.59. The van der Waals surface area contributed by atoms with E-state index in [9.17, 15) is 13.2 Å². The van der Waals surface area contributed by atoms with Crippen molar-refractivity contribution in [2.45, 2.75) is 38.4 Å². The van der Waals surface area contributed by atoms with Gasteiger partial charge in [-0.15, -0.1) is 11.8 Å². The summed E-state index contributed by atoms with van der Waals surface area (Å²) < 4.78 is 38.3. The van der Waals surface area contributed by atoms with Gasteiger partial charge in [0.15, 0.2) is 0 Å². The summed E-state index contributed by atoms with van der Waals surface area (Å²) in [6, 6.07) is 2.17. The molecule has 0 atom stereocenters. The lowest BCUT2D eigenvalue weighted by atomic mass is 10.2. The molecule has 1 heterocycles. The molecule has 0 fully saturated rings. The highest BCUT2D eigenvalue weighted by Gasteiger charge is 2.31. The number of nitrogens with one attached hydrogen (secondary N) is 1. The number of pyridine rings is 1. The summed E-state index contributed by atoms with van der Waals surface area (Å²) in [5.41, 5.74) is -0.648. The summed E-state index contributed by atoms with van der Waals surface area (Å²) >= 11 is 1.37. The third-order valence-corrected chi connectivity index (χ3v) is 3.38. The highest BCUT2D eigenvalue weighted by Crippen LogP contribution is 2.33. The Kier molecular flexibility index (Phi) is 5.97. The van der Waals surface area contributed by atoms with E-state index in [1.807, 2.05) is 6.92 Å². The Balaban J connectivity index is 2.87. The Morgan fingerprint density at radius 1 is 1.32 bits per heavy atom. The normalized spacial score (nSPS) is 11.9. The van der Waals surface area contributed by atoms with Crippen molar-refractivity contribution in [3.8, 4) is 0 Å². The van der Waals surface area contributed by atoms with Gasteiger partial charge in [0.1, 0.15) is 5.82 Å². The molecule has 1 rings (SSSR count). The zero-order valence-electron chi connectivity index (χ0n) is 11.3. The Labute approximate surface area is 116 Å².